The van der Waals surface area contributed by atoms with Crippen LogP contribution < -0.4 is 5.32 Å². The summed E-state index contributed by atoms with van der Waals surface area (Å²) >= 11 is 0. The van der Waals surface area contributed by atoms with Gasteiger partial charge in [0, 0.05) is 12.1 Å². The third kappa shape index (κ3) is 8.10. The van der Waals surface area contributed by atoms with Gasteiger partial charge in [-0.2, -0.15) is 0 Å². The van der Waals surface area contributed by atoms with Gasteiger partial charge in [-0.3, -0.25) is 0 Å². The lowest BCUT2D eigenvalue weighted by Gasteiger charge is -2.40. The molecule has 2 heteroatoms. The lowest BCUT2D eigenvalue weighted by Crippen LogP contribution is -2.43. The largest absolute Gasteiger partial charge is 0.376 e. The average molecular weight is 257 g/mol. The summed E-state index contributed by atoms with van der Waals surface area (Å²) in [6, 6.07) is 0. The molecule has 0 bridgehead atoms. The molecular formula is C16H35NO. The molecular weight excluding hydrogens is 222 g/mol. The SMILES string of the molecule is CCCCOC(C)(C)CC(C)(C)CC(C)(C)NC. The van der Waals surface area contributed by atoms with Crippen molar-refractivity contribution in [3.63, 3.8) is 0 Å². The van der Waals surface area contributed by atoms with Gasteiger partial charge in [-0.15, -0.1) is 0 Å². The highest BCUT2D eigenvalue weighted by molar-refractivity contribution is 4.88. The lowest BCUT2D eigenvalue weighted by atomic mass is 9.74. The third-order valence-corrected chi connectivity index (χ3v) is 3.49. The first-order chi connectivity index (χ1) is 8.04. The maximum absolute atomic E-state index is 6.03. The summed E-state index contributed by atoms with van der Waals surface area (Å²) in [4.78, 5) is 0. The van der Waals surface area contributed by atoms with E-state index in [0.717, 1.165) is 25.9 Å². The number of nitrogens with one attached hydrogen (secondary N) is 1. The second-order valence-electron chi connectivity index (χ2n) is 7.61. The van der Waals surface area contributed by atoms with E-state index in [2.05, 4.69) is 53.8 Å². The average Bonchev–Trinajstić information content (AvgIpc) is 2.14. The second-order valence-corrected chi connectivity index (χ2v) is 7.61. The monoisotopic (exact) mass is 257 g/mol. The predicted molar refractivity (Wildman–Crippen MR) is 81.1 cm³/mol. The molecule has 0 unspecified atom stereocenters. The Balaban J connectivity index is 4.36. The fourth-order valence-corrected chi connectivity index (χ4v) is 3.04. The summed E-state index contributed by atoms with van der Waals surface area (Å²) < 4.78 is 6.03. The molecule has 1 N–H and O–H groups in total. The van der Waals surface area contributed by atoms with Crippen LogP contribution >= 0.6 is 0 Å². The van der Waals surface area contributed by atoms with Gasteiger partial charge in [0.1, 0.15) is 0 Å². The molecule has 0 heterocycles. The first-order valence-electron chi connectivity index (χ1n) is 7.36. The van der Waals surface area contributed by atoms with Crippen molar-refractivity contribution in [1.82, 2.24) is 5.32 Å². The molecule has 0 fully saturated rings. The molecule has 2 nitrogen and oxygen atoms in total. The minimum Gasteiger partial charge on any atom is -0.376 e. The van der Waals surface area contributed by atoms with Crippen LogP contribution in [0.25, 0.3) is 0 Å². The molecule has 0 spiro atoms. The van der Waals surface area contributed by atoms with E-state index in [1.807, 2.05) is 7.05 Å². The third-order valence-electron chi connectivity index (χ3n) is 3.49. The molecule has 0 aromatic rings. The smallest absolute Gasteiger partial charge is 0.0631 e. The molecule has 0 aliphatic rings. The minimum atomic E-state index is -0.0253. The summed E-state index contributed by atoms with van der Waals surface area (Å²) in [5, 5.41) is 3.39. The topological polar surface area (TPSA) is 21.3 Å². The van der Waals surface area contributed by atoms with E-state index in [-0.39, 0.29) is 16.6 Å². The van der Waals surface area contributed by atoms with Crippen molar-refractivity contribution in [2.24, 2.45) is 5.41 Å². The Morgan fingerprint density at radius 2 is 1.50 bits per heavy atom. The predicted octanol–water partition coefficient (Wildman–Crippen LogP) is 4.39. The van der Waals surface area contributed by atoms with Gasteiger partial charge >= 0.3 is 0 Å². The van der Waals surface area contributed by atoms with E-state index in [0.29, 0.717) is 0 Å². The first kappa shape index (κ1) is 17.9. The molecule has 18 heavy (non-hydrogen) atoms. The molecule has 0 aromatic heterocycles. The summed E-state index contributed by atoms with van der Waals surface area (Å²) in [5.74, 6) is 0. The molecule has 110 valence electrons. The van der Waals surface area contributed by atoms with Crippen LogP contribution in [-0.4, -0.2) is 24.8 Å². The summed E-state index contributed by atoms with van der Waals surface area (Å²) in [7, 11) is 2.04. The lowest BCUT2D eigenvalue weighted by molar-refractivity contribution is -0.0509. The molecule has 0 saturated heterocycles. The summed E-state index contributed by atoms with van der Waals surface area (Å²) in [6.07, 6.45) is 4.60. The van der Waals surface area contributed by atoms with Gasteiger partial charge in [0.05, 0.1) is 5.60 Å². The van der Waals surface area contributed by atoms with E-state index in [9.17, 15) is 0 Å². The zero-order valence-electron chi connectivity index (χ0n) is 13.9. The Morgan fingerprint density at radius 1 is 0.944 bits per heavy atom. The number of unbranched alkanes of at least 4 members (excludes halogenated alkanes) is 1. The molecule has 0 aromatic carbocycles. The van der Waals surface area contributed by atoms with Crippen LogP contribution in [0.1, 0.15) is 74.1 Å². The molecule has 0 aliphatic heterocycles. The Labute approximate surface area is 115 Å². The van der Waals surface area contributed by atoms with E-state index < -0.39 is 0 Å². The fourth-order valence-electron chi connectivity index (χ4n) is 3.04. The highest BCUT2D eigenvalue weighted by atomic mass is 16.5. The Kier molecular flexibility index (Phi) is 6.87. The van der Waals surface area contributed by atoms with Gasteiger partial charge in [-0.1, -0.05) is 27.2 Å². The Bertz CT molecular complexity index is 231. The van der Waals surface area contributed by atoms with Crippen LogP contribution in [0.5, 0.6) is 0 Å². The van der Waals surface area contributed by atoms with E-state index in [1.165, 1.54) is 6.42 Å². The molecule has 0 aliphatic carbocycles. The van der Waals surface area contributed by atoms with Crippen LogP contribution in [0.15, 0.2) is 0 Å². The highest BCUT2D eigenvalue weighted by Crippen LogP contribution is 2.36. The van der Waals surface area contributed by atoms with Crippen LogP contribution in [0.4, 0.5) is 0 Å². The Hall–Kier alpha value is -0.0800. The fraction of sp³-hybridized carbons (Fsp3) is 1.00. The van der Waals surface area contributed by atoms with Gasteiger partial charge in [0.25, 0.3) is 0 Å². The van der Waals surface area contributed by atoms with Crippen LogP contribution in [0, 0.1) is 5.41 Å². The number of hydrogen-bond acceptors (Lipinski definition) is 2. The van der Waals surface area contributed by atoms with Crippen molar-refractivity contribution in [2.75, 3.05) is 13.7 Å². The maximum atomic E-state index is 6.03. The van der Waals surface area contributed by atoms with Crippen LogP contribution in [0.2, 0.25) is 0 Å². The van der Waals surface area contributed by atoms with Crippen LogP contribution in [0.3, 0.4) is 0 Å². The molecule has 0 rings (SSSR count). The standard InChI is InChI=1S/C16H35NO/c1-9-10-11-18-16(6,7)13-14(2,3)12-15(4,5)17-8/h17H,9-13H2,1-8H3. The van der Waals surface area contributed by atoms with Gasteiger partial charge in [-0.25, -0.2) is 0 Å². The van der Waals surface area contributed by atoms with E-state index >= 15 is 0 Å². The van der Waals surface area contributed by atoms with Crippen molar-refractivity contribution >= 4 is 0 Å². The minimum absolute atomic E-state index is 0.0253. The Morgan fingerprint density at radius 3 is 1.94 bits per heavy atom. The highest BCUT2D eigenvalue weighted by Gasteiger charge is 2.33. The van der Waals surface area contributed by atoms with E-state index in [4.69, 9.17) is 4.74 Å². The van der Waals surface area contributed by atoms with Gasteiger partial charge in [0.15, 0.2) is 0 Å². The van der Waals surface area contributed by atoms with Gasteiger partial charge in [0.2, 0.25) is 0 Å². The second kappa shape index (κ2) is 6.91. The quantitative estimate of drug-likeness (QED) is 0.619. The number of rotatable bonds is 9. The van der Waals surface area contributed by atoms with Crippen molar-refractivity contribution in [3.8, 4) is 0 Å². The van der Waals surface area contributed by atoms with Gasteiger partial charge < -0.3 is 10.1 Å². The normalized spacial score (nSPS) is 14.0. The first-order valence-corrected chi connectivity index (χ1v) is 7.36. The molecule has 0 amide bonds. The van der Waals surface area contributed by atoms with Crippen molar-refractivity contribution in [2.45, 2.75) is 85.3 Å². The summed E-state index contributed by atoms with van der Waals surface area (Å²) in [5.41, 5.74) is 0.438. The van der Waals surface area contributed by atoms with E-state index in [1.54, 1.807) is 0 Å². The van der Waals surface area contributed by atoms with Crippen molar-refractivity contribution in [1.29, 1.82) is 0 Å². The summed E-state index contributed by atoms with van der Waals surface area (Å²) in [6.45, 7) is 16.7. The van der Waals surface area contributed by atoms with Crippen molar-refractivity contribution < 1.29 is 4.74 Å². The number of hydrogen-bond donors (Lipinski definition) is 1. The maximum Gasteiger partial charge on any atom is 0.0631 e. The van der Waals surface area contributed by atoms with Gasteiger partial charge in [-0.05, 0) is 59.4 Å². The molecule has 0 radical (unpaired) electrons. The zero-order valence-corrected chi connectivity index (χ0v) is 13.9. The molecule has 0 atom stereocenters. The zero-order chi connectivity index (χ0) is 14.4. The van der Waals surface area contributed by atoms with Crippen molar-refractivity contribution in [3.05, 3.63) is 0 Å². The number of ether oxygens (including phenoxy) is 1. The molecule has 0 saturated carbocycles. The van der Waals surface area contributed by atoms with Crippen LogP contribution in [-0.2, 0) is 4.74 Å².